The molecule has 0 radical (unpaired) electrons. The normalized spacial score (nSPS) is 10.8. The van der Waals surface area contributed by atoms with Gasteiger partial charge in [-0.25, -0.2) is 4.98 Å². The Bertz CT molecular complexity index is 1080. The van der Waals surface area contributed by atoms with E-state index in [0.717, 1.165) is 43.9 Å². The van der Waals surface area contributed by atoms with Gasteiger partial charge in [0.2, 0.25) is 11.8 Å². The molecule has 0 aliphatic rings. The number of hydrogen-bond donors (Lipinski definition) is 2. The molecule has 29 heavy (non-hydrogen) atoms. The molecule has 150 valence electrons. The van der Waals surface area contributed by atoms with Crippen LogP contribution in [0.4, 0.5) is 5.69 Å². The number of nitrogens with one attached hydrogen (secondary N) is 2. The first-order chi connectivity index (χ1) is 13.8. The van der Waals surface area contributed by atoms with Gasteiger partial charge in [-0.05, 0) is 62.1 Å². The maximum absolute atomic E-state index is 12.2. The third kappa shape index (κ3) is 5.15. The highest BCUT2D eigenvalue weighted by molar-refractivity contribution is 7.99. The highest BCUT2D eigenvalue weighted by Crippen LogP contribution is 2.25. The Morgan fingerprint density at radius 3 is 2.45 bits per heavy atom. The maximum atomic E-state index is 12.2. The third-order valence-corrected chi connectivity index (χ3v) is 5.81. The molecular weight excluding hydrogens is 382 g/mol. The van der Waals surface area contributed by atoms with Crippen LogP contribution in [0.1, 0.15) is 22.3 Å². The van der Waals surface area contributed by atoms with Crippen LogP contribution in [0.25, 0.3) is 10.9 Å². The summed E-state index contributed by atoms with van der Waals surface area (Å²) in [6.07, 6.45) is 0. The van der Waals surface area contributed by atoms with Gasteiger partial charge in [-0.15, -0.1) is 0 Å². The van der Waals surface area contributed by atoms with Crippen molar-refractivity contribution in [2.24, 2.45) is 0 Å². The zero-order valence-corrected chi connectivity index (χ0v) is 17.9. The van der Waals surface area contributed by atoms with Crippen molar-refractivity contribution < 1.29 is 9.59 Å². The van der Waals surface area contributed by atoms with E-state index in [1.165, 1.54) is 11.8 Å². The molecule has 1 heterocycles. The van der Waals surface area contributed by atoms with E-state index in [2.05, 4.69) is 21.7 Å². The minimum atomic E-state index is -0.243. The van der Waals surface area contributed by atoms with E-state index >= 15 is 0 Å². The minimum absolute atomic E-state index is 0.0595. The van der Waals surface area contributed by atoms with E-state index in [-0.39, 0.29) is 24.1 Å². The number of carbonyl (C=O) groups is 2. The largest absolute Gasteiger partial charge is 0.346 e. The number of nitrogens with zero attached hydrogens (tertiary/aromatic N) is 1. The summed E-state index contributed by atoms with van der Waals surface area (Å²) in [5.41, 5.74) is 6.11. The van der Waals surface area contributed by atoms with Gasteiger partial charge < -0.3 is 10.6 Å². The van der Waals surface area contributed by atoms with Crippen LogP contribution < -0.4 is 10.6 Å². The second-order valence-electron chi connectivity index (χ2n) is 7.11. The zero-order chi connectivity index (χ0) is 21.0. The fourth-order valence-electron chi connectivity index (χ4n) is 3.06. The Morgan fingerprint density at radius 2 is 1.66 bits per heavy atom. The monoisotopic (exact) mass is 407 g/mol. The number of pyridine rings is 1. The van der Waals surface area contributed by atoms with E-state index in [9.17, 15) is 9.59 Å². The molecule has 6 heteroatoms. The van der Waals surface area contributed by atoms with Gasteiger partial charge in [-0.3, -0.25) is 9.59 Å². The van der Waals surface area contributed by atoms with Crippen molar-refractivity contribution in [2.75, 3.05) is 17.6 Å². The quantitative estimate of drug-likeness (QED) is 0.597. The molecule has 2 N–H and O–H groups in total. The molecular formula is C23H25N3O2S. The summed E-state index contributed by atoms with van der Waals surface area (Å²) in [5, 5.41) is 7.44. The molecule has 5 nitrogen and oxygen atoms in total. The van der Waals surface area contributed by atoms with Crippen molar-refractivity contribution in [3.63, 3.8) is 0 Å². The number of anilines is 1. The molecule has 0 aliphatic heterocycles. The van der Waals surface area contributed by atoms with Gasteiger partial charge in [0, 0.05) is 11.1 Å². The number of hydrogen-bond acceptors (Lipinski definition) is 4. The molecule has 0 aliphatic carbocycles. The summed E-state index contributed by atoms with van der Waals surface area (Å²) >= 11 is 1.37. The van der Waals surface area contributed by atoms with Crippen LogP contribution in [-0.2, 0) is 9.59 Å². The molecule has 0 spiro atoms. The second-order valence-corrected chi connectivity index (χ2v) is 8.11. The highest BCUT2D eigenvalue weighted by atomic mass is 32.2. The van der Waals surface area contributed by atoms with Crippen molar-refractivity contribution in [1.29, 1.82) is 0 Å². The number of thioether (sulfide) groups is 1. The predicted octanol–water partition coefficient (Wildman–Crippen LogP) is 4.32. The SMILES string of the molecule is Cc1cccc(NC(=O)CNC(=O)CSc2cc(C)c3cccc(C)c3n2)c1C. The molecule has 0 fully saturated rings. The summed E-state index contributed by atoms with van der Waals surface area (Å²) in [7, 11) is 0. The summed E-state index contributed by atoms with van der Waals surface area (Å²) in [5.74, 6) is -0.233. The molecule has 1 aromatic heterocycles. The lowest BCUT2D eigenvalue weighted by atomic mass is 10.1. The van der Waals surface area contributed by atoms with E-state index in [1.54, 1.807) is 0 Å². The van der Waals surface area contributed by atoms with E-state index in [1.807, 2.05) is 64.1 Å². The van der Waals surface area contributed by atoms with Gasteiger partial charge in [-0.1, -0.05) is 42.1 Å². The van der Waals surface area contributed by atoms with Gasteiger partial charge in [0.05, 0.1) is 22.8 Å². The molecule has 3 rings (SSSR count). The van der Waals surface area contributed by atoms with Crippen LogP contribution in [0.3, 0.4) is 0 Å². The molecule has 0 unspecified atom stereocenters. The number of rotatable bonds is 6. The van der Waals surface area contributed by atoms with Gasteiger partial charge in [0.25, 0.3) is 0 Å². The van der Waals surface area contributed by atoms with E-state index < -0.39 is 0 Å². The maximum Gasteiger partial charge on any atom is 0.243 e. The van der Waals surface area contributed by atoms with Gasteiger partial charge in [-0.2, -0.15) is 0 Å². The Morgan fingerprint density at radius 1 is 0.931 bits per heavy atom. The Labute approximate surface area is 175 Å². The lowest BCUT2D eigenvalue weighted by Crippen LogP contribution is -2.34. The number of benzene rings is 2. The van der Waals surface area contributed by atoms with Crippen molar-refractivity contribution in [3.8, 4) is 0 Å². The lowest BCUT2D eigenvalue weighted by Gasteiger charge is -2.11. The number of fused-ring (bicyclic) bond motifs is 1. The number of aromatic nitrogens is 1. The van der Waals surface area contributed by atoms with E-state index in [4.69, 9.17) is 0 Å². The van der Waals surface area contributed by atoms with Gasteiger partial charge in [0.15, 0.2) is 0 Å². The lowest BCUT2D eigenvalue weighted by molar-refractivity contribution is -0.122. The zero-order valence-electron chi connectivity index (χ0n) is 17.1. The standard InChI is InChI=1S/C23H25N3O2S/c1-14-7-6-10-19(17(14)4)25-20(27)12-24-21(28)13-29-22-11-16(3)18-9-5-8-15(2)23(18)26-22/h5-11H,12-13H2,1-4H3,(H,24,28)(H,25,27). The molecule has 0 saturated heterocycles. The third-order valence-electron chi connectivity index (χ3n) is 4.90. The second kappa shape index (κ2) is 9.09. The Hall–Kier alpha value is -2.86. The van der Waals surface area contributed by atoms with Crippen molar-refractivity contribution in [2.45, 2.75) is 32.7 Å². The molecule has 0 saturated carbocycles. The first-order valence-corrected chi connectivity index (χ1v) is 10.5. The average molecular weight is 408 g/mol. The van der Waals surface area contributed by atoms with E-state index in [0.29, 0.717) is 0 Å². The van der Waals surface area contributed by atoms with Crippen LogP contribution >= 0.6 is 11.8 Å². The average Bonchev–Trinajstić information content (AvgIpc) is 2.69. The summed E-state index contributed by atoms with van der Waals surface area (Å²) in [6.45, 7) is 7.97. The predicted molar refractivity (Wildman–Crippen MR) is 119 cm³/mol. The minimum Gasteiger partial charge on any atom is -0.346 e. The van der Waals surface area contributed by atoms with Crippen LogP contribution in [-0.4, -0.2) is 29.1 Å². The molecule has 0 bridgehead atoms. The summed E-state index contributed by atoms with van der Waals surface area (Å²) in [4.78, 5) is 29.0. The smallest absolute Gasteiger partial charge is 0.243 e. The number of para-hydroxylation sites is 1. The van der Waals surface area contributed by atoms with Crippen LogP contribution in [0.15, 0.2) is 47.5 Å². The van der Waals surface area contributed by atoms with Crippen LogP contribution in [0, 0.1) is 27.7 Å². The number of carbonyl (C=O) groups excluding carboxylic acids is 2. The fourth-order valence-corrected chi connectivity index (χ4v) is 3.85. The summed E-state index contributed by atoms with van der Waals surface area (Å²) in [6, 6.07) is 13.8. The first kappa shape index (κ1) is 20.9. The summed E-state index contributed by atoms with van der Waals surface area (Å²) < 4.78 is 0. The van der Waals surface area contributed by atoms with Crippen LogP contribution in [0.5, 0.6) is 0 Å². The Balaban J connectivity index is 1.54. The van der Waals surface area contributed by atoms with Gasteiger partial charge >= 0.3 is 0 Å². The molecule has 2 aromatic carbocycles. The van der Waals surface area contributed by atoms with Crippen molar-refractivity contribution in [3.05, 3.63) is 64.7 Å². The van der Waals surface area contributed by atoms with Crippen LogP contribution in [0.2, 0.25) is 0 Å². The number of aryl methyl sites for hydroxylation is 3. The topological polar surface area (TPSA) is 71.1 Å². The molecule has 0 atom stereocenters. The van der Waals surface area contributed by atoms with Crippen molar-refractivity contribution in [1.82, 2.24) is 10.3 Å². The highest BCUT2D eigenvalue weighted by Gasteiger charge is 2.10. The van der Waals surface area contributed by atoms with Gasteiger partial charge in [0.1, 0.15) is 0 Å². The molecule has 2 amide bonds. The molecule has 3 aromatic rings. The Kier molecular flexibility index (Phi) is 6.54. The van der Waals surface area contributed by atoms with Crippen molar-refractivity contribution >= 4 is 40.2 Å². The first-order valence-electron chi connectivity index (χ1n) is 9.47. The number of amides is 2. The fraction of sp³-hybridized carbons (Fsp3) is 0.261.